The third kappa shape index (κ3) is 3.97. The maximum atomic E-state index is 12.0. The highest BCUT2D eigenvalue weighted by atomic mass is 16.2. The van der Waals surface area contributed by atoms with Crippen molar-refractivity contribution in [3.63, 3.8) is 0 Å². The van der Waals surface area contributed by atoms with Gasteiger partial charge < -0.3 is 16.0 Å². The summed E-state index contributed by atoms with van der Waals surface area (Å²) in [7, 11) is 0. The average Bonchev–Trinajstić information content (AvgIpc) is 2.96. The molecule has 0 bridgehead atoms. The first kappa shape index (κ1) is 14.4. The summed E-state index contributed by atoms with van der Waals surface area (Å²) >= 11 is 0. The van der Waals surface area contributed by atoms with Crippen LogP contribution in [0.1, 0.15) is 19.3 Å². The second-order valence-electron chi connectivity index (χ2n) is 5.04. The summed E-state index contributed by atoms with van der Waals surface area (Å²) in [6, 6.07) is 1.43. The number of amides is 3. The largest absolute Gasteiger partial charge is 0.356 e. The van der Waals surface area contributed by atoms with Gasteiger partial charge >= 0.3 is 6.03 Å². The van der Waals surface area contributed by atoms with E-state index < -0.39 is 6.03 Å². The van der Waals surface area contributed by atoms with Crippen LogP contribution in [0.2, 0.25) is 0 Å². The van der Waals surface area contributed by atoms with Crippen molar-refractivity contribution in [2.45, 2.75) is 25.8 Å². The number of aryl methyl sites for hydroxylation is 1. The monoisotopic (exact) mass is 279 g/mol. The van der Waals surface area contributed by atoms with E-state index in [1.807, 2.05) is 16.9 Å². The quantitative estimate of drug-likeness (QED) is 0.753. The smallest absolute Gasteiger partial charge is 0.314 e. The highest BCUT2D eigenvalue weighted by Gasteiger charge is 2.26. The van der Waals surface area contributed by atoms with Gasteiger partial charge in [0.15, 0.2) is 0 Å². The maximum Gasteiger partial charge on any atom is 0.314 e. The standard InChI is InChI=1S/C13H21N5O2/c14-13(20)17-7-1-4-11(10-17)12(19)15-5-2-8-18-9-3-6-16-18/h3,6,9,11H,1-2,4-5,7-8,10H2,(H2,14,20)(H,15,19). The molecule has 1 aliphatic heterocycles. The van der Waals surface area contributed by atoms with Gasteiger partial charge in [0, 0.05) is 38.6 Å². The lowest BCUT2D eigenvalue weighted by Crippen LogP contribution is -2.47. The van der Waals surface area contributed by atoms with Crippen LogP contribution in [0.15, 0.2) is 18.5 Å². The molecule has 0 radical (unpaired) electrons. The van der Waals surface area contributed by atoms with Crippen molar-refractivity contribution in [2.75, 3.05) is 19.6 Å². The van der Waals surface area contributed by atoms with Gasteiger partial charge in [-0.2, -0.15) is 5.10 Å². The van der Waals surface area contributed by atoms with Crippen LogP contribution in [-0.4, -0.2) is 46.3 Å². The highest BCUT2D eigenvalue weighted by Crippen LogP contribution is 2.16. The van der Waals surface area contributed by atoms with Gasteiger partial charge in [-0.05, 0) is 25.3 Å². The minimum atomic E-state index is -0.443. The lowest BCUT2D eigenvalue weighted by Gasteiger charge is -2.30. The third-order valence-corrected chi connectivity index (χ3v) is 3.53. The molecule has 1 saturated heterocycles. The van der Waals surface area contributed by atoms with Crippen molar-refractivity contribution >= 4 is 11.9 Å². The normalized spacial score (nSPS) is 18.8. The van der Waals surface area contributed by atoms with Crippen molar-refractivity contribution in [3.8, 4) is 0 Å². The number of piperidine rings is 1. The number of nitrogens with one attached hydrogen (secondary N) is 1. The Morgan fingerprint density at radius 3 is 3.00 bits per heavy atom. The van der Waals surface area contributed by atoms with Gasteiger partial charge in [-0.15, -0.1) is 0 Å². The first-order valence-corrected chi connectivity index (χ1v) is 6.96. The Kier molecular flexibility index (Phi) is 4.97. The number of rotatable bonds is 5. The molecular weight excluding hydrogens is 258 g/mol. The van der Waals surface area contributed by atoms with Crippen LogP contribution in [-0.2, 0) is 11.3 Å². The van der Waals surface area contributed by atoms with Gasteiger partial charge in [0.05, 0.1) is 5.92 Å². The predicted octanol–water partition coefficient (Wildman–Crippen LogP) is 0.180. The number of hydrogen-bond acceptors (Lipinski definition) is 3. The van der Waals surface area contributed by atoms with E-state index in [1.54, 1.807) is 6.20 Å². The summed E-state index contributed by atoms with van der Waals surface area (Å²) in [5.41, 5.74) is 5.25. The molecule has 1 aliphatic rings. The molecule has 2 heterocycles. The Bertz CT molecular complexity index is 446. The molecule has 1 aromatic rings. The Balaban J connectivity index is 1.67. The van der Waals surface area contributed by atoms with Crippen LogP contribution in [0.4, 0.5) is 4.79 Å². The third-order valence-electron chi connectivity index (χ3n) is 3.53. The molecule has 0 spiro atoms. The summed E-state index contributed by atoms with van der Waals surface area (Å²) < 4.78 is 1.83. The van der Waals surface area contributed by atoms with Crippen LogP contribution in [0.25, 0.3) is 0 Å². The van der Waals surface area contributed by atoms with Gasteiger partial charge in [0.1, 0.15) is 0 Å². The molecule has 110 valence electrons. The molecule has 0 aliphatic carbocycles. The molecule has 2 rings (SSSR count). The zero-order chi connectivity index (χ0) is 14.4. The van der Waals surface area contributed by atoms with E-state index >= 15 is 0 Å². The highest BCUT2D eigenvalue weighted by molar-refractivity contribution is 5.80. The fourth-order valence-corrected chi connectivity index (χ4v) is 2.42. The number of nitrogens with two attached hydrogens (primary N) is 1. The molecule has 0 aromatic carbocycles. The molecule has 3 amide bonds. The summed E-state index contributed by atoms with van der Waals surface area (Å²) in [5.74, 6) is -0.127. The SMILES string of the molecule is NC(=O)N1CCCC(C(=O)NCCCn2cccn2)C1. The van der Waals surface area contributed by atoms with Gasteiger partial charge in [0.25, 0.3) is 0 Å². The van der Waals surface area contributed by atoms with Crippen molar-refractivity contribution in [2.24, 2.45) is 11.7 Å². The Labute approximate surface area is 118 Å². The number of carbonyl (C=O) groups excluding carboxylic acids is 2. The van der Waals surface area contributed by atoms with E-state index in [9.17, 15) is 9.59 Å². The number of nitrogens with zero attached hydrogens (tertiary/aromatic N) is 3. The van der Waals surface area contributed by atoms with Gasteiger partial charge in [-0.25, -0.2) is 4.79 Å². The predicted molar refractivity (Wildman–Crippen MR) is 73.7 cm³/mol. The summed E-state index contributed by atoms with van der Waals surface area (Å²) in [6.45, 7) is 2.48. The second kappa shape index (κ2) is 6.93. The molecule has 7 heteroatoms. The maximum absolute atomic E-state index is 12.0. The lowest BCUT2D eigenvalue weighted by atomic mass is 9.97. The second-order valence-corrected chi connectivity index (χ2v) is 5.04. The van der Waals surface area contributed by atoms with Gasteiger partial charge in [0.2, 0.25) is 5.91 Å². The Morgan fingerprint density at radius 2 is 2.30 bits per heavy atom. The molecule has 1 atom stereocenters. The first-order valence-electron chi connectivity index (χ1n) is 6.96. The van der Waals surface area contributed by atoms with E-state index in [-0.39, 0.29) is 11.8 Å². The van der Waals surface area contributed by atoms with Crippen molar-refractivity contribution in [3.05, 3.63) is 18.5 Å². The zero-order valence-corrected chi connectivity index (χ0v) is 11.5. The molecule has 20 heavy (non-hydrogen) atoms. The number of carbonyl (C=O) groups is 2. The van der Waals surface area contributed by atoms with E-state index in [2.05, 4.69) is 10.4 Å². The van der Waals surface area contributed by atoms with Crippen LogP contribution < -0.4 is 11.1 Å². The van der Waals surface area contributed by atoms with E-state index in [1.165, 1.54) is 4.90 Å². The van der Waals surface area contributed by atoms with Crippen molar-refractivity contribution in [1.29, 1.82) is 0 Å². The van der Waals surface area contributed by atoms with Crippen molar-refractivity contribution in [1.82, 2.24) is 20.0 Å². The number of primary amides is 1. The van der Waals surface area contributed by atoms with E-state index in [0.29, 0.717) is 19.6 Å². The minimum absolute atomic E-state index is 0.0106. The Morgan fingerprint density at radius 1 is 1.45 bits per heavy atom. The van der Waals surface area contributed by atoms with Gasteiger partial charge in [-0.1, -0.05) is 0 Å². The molecule has 1 fully saturated rings. The fraction of sp³-hybridized carbons (Fsp3) is 0.615. The minimum Gasteiger partial charge on any atom is -0.356 e. The topological polar surface area (TPSA) is 93.3 Å². The summed E-state index contributed by atoms with van der Waals surface area (Å²) in [6.07, 6.45) is 6.11. The first-order chi connectivity index (χ1) is 9.66. The molecule has 7 nitrogen and oxygen atoms in total. The molecule has 3 N–H and O–H groups in total. The van der Waals surface area contributed by atoms with Crippen LogP contribution in [0, 0.1) is 5.92 Å². The molecular formula is C13H21N5O2. The van der Waals surface area contributed by atoms with Crippen LogP contribution in [0.3, 0.4) is 0 Å². The fourth-order valence-electron chi connectivity index (χ4n) is 2.42. The summed E-state index contributed by atoms with van der Waals surface area (Å²) in [5, 5.41) is 7.01. The average molecular weight is 279 g/mol. The number of hydrogen-bond donors (Lipinski definition) is 2. The number of aromatic nitrogens is 2. The van der Waals surface area contributed by atoms with E-state index in [4.69, 9.17) is 5.73 Å². The van der Waals surface area contributed by atoms with Crippen LogP contribution in [0.5, 0.6) is 0 Å². The molecule has 1 aromatic heterocycles. The van der Waals surface area contributed by atoms with E-state index in [0.717, 1.165) is 25.8 Å². The Hall–Kier alpha value is -2.05. The zero-order valence-electron chi connectivity index (χ0n) is 11.5. The molecule has 1 unspecified atom stereocenters. The van der Waals surface area contributed by atoms with Crippen molar-refractivity contribution < 1.29 is 9.59 Å². The summed E-state index contributed by atoms with van der Waals surface area (Å²) in [4.78, 5) is 24.7. The lowest BCUT2D eigenvalue weighted by molar-refractivity contribution is -0.126. The number of urea groups is 1. The molecule has 0 saturated carbocycles. The van der Waals surface area contributed by atoms with Gasteiger partial charge in [-0.3, -0.25) is 9.48 Å². The number of likely N-dealkylation sites (tertiary alicyclic amines) is 1. The van der Waals surface area contributed by atoms with Crippen LogP contribution >= 0.6 is 0 Å².